The second-order valence-electron chi connectivity index (χ2n) is 12.1. The molecule has 0 heterocycles. The third-order valence-electron chi connectivity index (χ3n) is 8.51. The van der Waals surface area contributed by atoms with E-state index >= 15 is 0 Å². The standard InChI is InChI=1S/C36H60O3S.K/c1-3-5-7-9-11-13-15-17-19-21-23-28-33-31-32-27-25-26-29-34(32)35(36(33)40(37,38)39)30-24-22-20-18-16-14-12-10-8-6-4-2;/h25-27,29,31H,3-24,28,30H2,1-2H3,(H,37,38,39);/q;+1/p-1. The molecule has 0 spiro atoms. The monoisotopic (exact) mass is 610 g/mol. The summed E-state index contributed by atoms with van der Waals surface area (Å²) in [5.41, 5.74) is 1.50. The molecule has 2 aromatic carbocycles. The molecule has 2 rings (SSSR count). The molecule has 0 saturated carbocycles. The van der Waals surface area contributed by atoms with Crippen molar-refractivity contribution in [2.24, 2.45) is 0 Å². The van der Waals surface area contributed by atoms with E-state index in [1.807, 2.05) is 24.3 Å². The molecule has 0 radical (unpaired) electrons. The average molecular weight is 611 g/mol. The quantitative estimate of drug-likeness (QED) is 0.0644. The third-order valence-corrected chi connectivity index (χ3v) is 9.52. The summed E-state index contributed by atoms with van der Waals surface area (Å²) < 4.78 is 37.7. The Kier molecular flexibility index (Phi) is 23.5. The van der Waals surface area contributed by atoms with Crippen molar-refractivity contribution in [1.29, 1.82) is 0 Å². The number of hydrogen-bond donors (Lipinski definition) is 0. The van der Waals surface area contributed by atoms with Crippen molar-refractivity contribution in [2.45, 2.75) is 173 Å². The van der Waals surface area contributed by atoms with Crippen molar-refractivity contribution in [1.82, 2.24) is 0 Å². The third kappa shape index (κ3) is 16.8. The van der Waals surface area contributed by atoms with Crippen LogP contribution in [0.5, 0.6) is 0 Å². The maximum absolute atomic E-state index is 12.6. The van der Waals surface area contributed by atoms with Crippen LogP contribution < -0.4 is 51.4 Å². The van der Waals surface area contributed by atoms with Gasteiger partial charge < -0.3 is 4.55 Å². The van der Waals surface area contributed by atoms with E-state index in [2.05, 4.69) is 19.9 Å². The largest absolute Gasteiger partial charge is 1.00 e. The molecule has 0 fully saturated rings. The summed E-state index contributed by atoms with van der Waals surface area (Å²) in [5.74, 6) is 0. The number of fused-ring (bicyclic) bond motifs is 1. The first-order valence-corrected chi connectivity index (χ1v) is 18.4. The zero-order chi connectivity index (χ0) is 28.9. The molecule has 0 bridgehead atoms. The van der Waals surface area contributed by atoms with Crippen molar-refractivity contribution < 1.29 is 64.4 Å². The van der Waals surface area contributed by atoms with Gasteiger partial charge in [-0.2, -0.15) is 0 Å². The summed E-state index contributed by atoms with van der Waals surface area (Å²) in [6.45, 7) is 4.52. The summed E-state index contributed by atoms with van der Waals surface area (Å²) in [7, 11) is -4.53. The Hall–Kier alpha value is 0.246. The minimum Gasteiger partial charge on any atom is -0.744 e. The molecule has 0 aromatic heterocycles. The fourth-order valence-corrected chi connectivity index (χ4v) is 7.15. The van der Waals surface area contributed by atoms with Crippen molar-refractivity contribution >= 4 is 20.9 Å². The van der Waals surface area contributed by atoms with Crippen LogP contribution in [0.4, 0.5) is 0 Å². The fourth-order valence-electron chi connectivity index (χ4n) is 6.16. The number of unbranched alkanes of at least 4 members (excludes halogenated alkanes) is 20. The molecular weight excluding hydrogens is 552 g/mol. The molecule has 228 valence electrons. The molecule has 0 saturated heterocycles. The van der Waals surface area contributed by atoms with Crippen LogP contribution in [0.15, 0.2) is 35.2 Å². The summed E-state index contributed by atoms with van der Waals surface area (Å²) in [4.78, 5) is 0.0883. The first-order valence-electron chi connectivity index (χ1n) is 17.0. The zero-order valence-electron chi connectivity index (χ0n) is 27.0. The zero-order valence-corrected chi connectivity index (χ0v) is 30.9. The Labute approximate surface area is 296 Å². The van der Waals surface area contributed by atoms with Crippen LogP contribution in [0.1, 0.15) is 166 Å². The molecular formula is C36H59KO3S. The van der Waals surface area contributed by atoms with Gasteiger partial charge in [0.05, 0.1) is 4.90 Å². The van der Waals surface area contributed by atoms with E-state index in [4.69, 9.17) is 0 Å². The average Bonchev–Trinajstić information content (AvgIpc) is 2.93. The van der Waals surface area contributed by atoms with Gasteiger partial charge in [-0.15, -0.1) is 0 Å². The van der Waals surface area contributed by atoms with E-state index in [0.29, 0.717) is 12.8 Å². The van der Waals surface area contributed by atoms with Crippen molar-refractivity contribution in [3.8, 4) is 0 Å². The molecule has 3 nitrogen and oxygen atoms in total. The Morgan fingerprint density at radius 2 is 0.951 bits per heavy atom. The molecule has 0 aliphatic rings. The molecule has 0 atom stereocenters. The predicted molar refractivity (Wildman–Crippen MR) is 172 cm³/mol. The molecule has 41 heavy (non-hydrogen) atoms. The fraction of sp³-hybridized carbons (Fsp3) is 0.722. The van der Waals surface area contributed by atoms with Gasteiger partial charge in [-0.1, -0.05) is 167 Å². The Bertz CT molecular complexity index is 1030. The molecule has 2 aromatic rings. The van der Waals surface area contributed by atoms with E-state index < -0.39 is 10.1 Å². The summed E-state index contributed by atoms with van der Waals surface area (Å²) in [6.07, 6.45) is 29.0. The van der Waals surface area contributed by atoms with Crippen LogP contribution in [-0.2, 0) is 23.0 Å². The van der Waals surface area contributed by atoms with Crippen LogP contribution in [0.3, 0.4) is 0 Å². The molecule has 0 aliphatic heterocycles. The predicted octanol–water partition coefficient (Wildman–Crippen LogP) is 8.45. The van der Waals surface area contributed by atoms with E-state index in [0.717, 1.165) is 47.6 Å². The van der Waals surface area contributed by atoms with E-state index in [1.165, 1.54) is 116 Å². The number of aryl methyl sites for hydroxylation is 2. The van der Waals surface area contributed by atoms with Crippen LogP contribution in [0.25, 0.3) is 10.8 Å². The smallest absolute Gasteiger partial charge is 0.744 e. The number of hydrogen-bond acceptors (Lipinski definition) is 3. The van der Waals surface area contributed by atoms with E-state index in [-0.39, 0.29) is 56.3 Å². The molecule has 0 aliphatic carbocycles. The van der Waals surface area contributed by atoms with Crippen LogP contribution in [0, 0.1) is 0 Å². The van der Waals surface area contributed by atoms with Crippen LogP contribution in [-0.4, -0.2) is 13.0 Å². The summed E-state index contributed by atoms with van der Waals surface area (Å²) in [6, 6.07) is 9.98. The van der Waals surface area contributed by atoms with Gasteiger partial charge in [-0.05, 0) is 53.6 Å². The summed E-state index contributed by atoms with van der Waals surface area (Å²) in [5, 5.41) is 2.00. The van der Waals surface area contributed by atoms with Crippen molar-refractivity contribution in [2.75, 3.05) is 0 Å². The molecule has 5 heteroatoms. The number of rotatable bonds is 25. The molecule has 0 amide bonds. The van der Waals surface area contributed by atoms with Gasteiger partial charge in [0.2, 0.25) is 0 Å². The van der Waals surface area contributed by atoms with Crippen molar-refractivity contribution in [3.63, 3.8) is 0 Å². The minimum atomic E-state index is -4.53. The maximum Gasteiger partial charge on any atom is 1.00 e. The SMILES string of the molecule is CCCCCCCCCCCCCc1cc2ccccc2c(CCCCCCCCCCCCC)c1S(=O)(=O)[O-].[K+]. The van der Waals surface area contributed by atoms with Gasteiger partial charge >= 0.3 is 51.4 Å². The Balaban J connectivity index is 0.00000840. The topological polar surface area (TPSA) is 57.2 Å². The van der Waals surface area contributed by atoms with E-state index in [1.54, 1.807) is 0 Å². The molecule has 0 N–H and O–H groups in total. The van der Waals surface area contributed by atoms with Gasteiger partial charge in [-0.25, -0.2) is 8.42 Å². The van der Waals surface area contributed by atoms with Gasteiger partial charge in [0.1, 0.15) is 10.1 Å². The minimum absolute atomic E-state index is 0. The van der Waals surface area contributed by atoms with Gasteiger partial charge in [0.15, 0.2) is 0 Å². The number of benzene rings is 2. The van der Waals surface area contributed by atoms with Crippen LogP contribution >= 0.6 is 0 Å². The van der Waals surface area contributed by atoms with Gasteiger partial charge in [0.25, 0.3) is 0 Å². The van der Waals surface area contributed by atoms with E-state index in [9.17, 15) is 13.0 Å². The second-order valence-corrected chi connectivity index (χ2v) is 13.4. The Morgan fingerprint density at radius 1 is 0.561 bits per heavy atom. The molecule has 0 unspecified atom stereocenters. The van der Waals surface area contributed by atoms with Gasteiger partial charge in [0, 0.05) is 0 Å². The second kappa shape index (κ2) is 24.6. The first-order chi connectivity index (χ1) is 19.5. The van der Waals surface area contributed by atoms with Gasteiger partial charge in [-0.3, -0.25) is 0 Å². The summed E-state index contributed by atoms with van der Waals surface area (Å²) >= 11 is 0. The van der Waals surface area contributed by atoms with Crippen molar-refractivity contribution in [3.05, 3.63) is 41.5 Å². The van der Waals surface area contributed by atoms with Crippen LogP contribution in [0.2, 0.25) is 0 Å². The Morgan fingerprint density at radius 3 is 1.39 bits per heavy atom. The maximum atomic E-state index is 12.6. The normalized spacial score (nSPS) is 11.7. The first kappa shape index (κ1) is 39.3.